The molecule has 102 valence electrons. The third-order valence-corrected chi connectivity index (χ3v) is 3.72. The average molecular weight is 265 g/mol. The highest BCUT2D eigenvalue weighted by Gasteiger charge is 2.25. The van der Waals surface area contributed by atoms with Crippen molar-refractivity contribution in [1.29, 1.82) is 0 Å². The van der Waals surface area contributed by atoms with Gasteiger partial charge < -0.3 is 14.8 Å². The van der Waals surface area contributed by atoms with E-state index in [9.17, 15) is 8.42 Å². The Kier molecular flexibility index (Phi) is 6.40. The van der Waals surface area contributed by atoms with Crippen LogP contribution in [0.25, 0.3) is 0 Å². The molecule has 1 aliphatic heterocycles. The van der Waals surface area contributed by atoms with Crippen LogP contribution in [0.15, 0.2) is 0 Å². The van der Waals surface area contributed by atoms with Crippen molar-refractivity contribution in [2.24, 2.45) is 0 Å². The normalized spacial score (nSPS) is 23.5. The molecule has 1 fully saturated rings. The summed E-state index contributed by atoms with van der Waals surface area (Å²) in [5.41, 5.74) is 0. The van der Waals surface area contributed by atoms with Crippen molar-refractivity contribution in [1.82, 2.24) is 5.32 Å². The Morgan fingerprint density at radius 3 is 2.71 bits per heavy atom. The van der Waals surface area contributed by atoms with E-state index >= 15 is 0 Å². The molecule has 2 unspecified atom stereocenters. The molecule has 5 nitrogen and oxygen atoms in total. The van der Waals surface area contributed by atoms with Crippen molar-refractivity contribution in [3.05, 3.63) is 0 Å². The van der Waals surface area contributed by atoms with E-state index in [1.165, 1.54) is 6.26 Å². The van der Waals surface area contributed by atoms with E-state index in [1.807, 2.05) is 0 Å². The van der Waals surface area contributed by atoms with E-state index in [-0.39, 0.29) is 17.9 Å². The molecule has 17 heavy (non-hydrogen) atoms. The summed E-state index contributed by atoms with van der Waals surface area (Å²) < 4.78 is 33.4. The molecule has 0 spiro atoms. The van der Waals surface area contributed by atoms with E-state index in [4.69, 9.17) is 9.47 Å². The Morgan fingerprint density at radius 1 is 1.41 bits per heavy atom. The fourth-order valence-corrected chi connectivity index (χ4v) is 2.51. The number of ether oxygens (including phenoxy) is 2. The maximum Gasteiger partial charge on any atom is 0.147 e. The maximum absolute atomic E-state index is 11.2. The Hall–Kier alpha value is -0.170. The Labute approximate surface area is 104 Å². The van der Waals surface area contributed by atoms with E-state index < -0.39 is 9.84 Å². The summed E-state index contributed by atoms with van der Waals surface area (Å²) in [7, 11) is -2.92. The number of hydrogen-bond donors (Lipinski definition) is 1. The van der Waals surface area contributed by atoms with Crippen LogP contribution in [0.5, 0.6) is 0 Å². The van der Waals surface area contributed by atoms with E-state index in [0.717, 1.165) is 13.0 Å². The number of rotatable bonds is 7. The summed E-state index contributed by atoms with van der Waals surface area (Å²) in [4.78, 5) is 0. The number of nitrogens with one attached hydrogen (secondary N) is 1. The molecule has 6 heteroatoms. The van der Waals surface area contributed by atoms with Crippen LogP contribution in [0.2, 0.25) is 0 Å². The molecule has 0 aromatic rings. The predicted octanol–water partition coefficient (Wildman–Crippen LogP) is 0.205. The van der Waals surface area contributed by atoms with Gasteiger partial charge in [-0.1, -0.05) is 6.92 Å². The van der Waals surface area contributed by atoms with Gasteiger partial charge in [-0.3, -0.25) is 0 Å². The number of hydrogen-bond acceptors (Lipinski definition) is 5. The zero-order valence-electron chi connectivity index (χ0n) is 10.6. The zero-order valence-corrected chi connectivity index (χ0v) is 11.5. The van der Waals surface area contributed by atoms with Gasteiger partial charge in [0.15, 0.2) is 0 Å². The van der Waals surface area contributed by atoms with Crippen LogP contribution in [0, 0.1) is 0 Å². The second kappa shape index (κ2) is 7.31. The van der Waals surface area contributed by atoms with Crippen molar-refractivity contribution in [3.63, 3.8) is 0 Å². The molecule has 0 saturated carbocycles. The molecule has 0 aromatic heterocycles. The van der Waals surface area contributed by atoms with Crippen molar-refractivity contribution in [2.45, 2.75) is 31.9 Å². The molecule has 0 aromatic carbocycles. The second-order valence-corrected chi connectivity index (χ2v) is 6.72. The molecule has 0 radical (unpaired) electrons. The van der Waals surface area contributed by atoms with Gasteiger partial charge in [-0.25, -0.2) is 8.42 Å². The minimum absolute atomic E-state index is 0.0305. The first-order valence-electron chi connectivity index (χ1n) is 6.13. The van der Waals surface area contributed by atoms with E-state index in [1.54, 1.807) is 0 Å². The van der Waals surface area contributed by atoms with Crippen molar-refractivity contribution >= 4 is 9.84 Å². The predicted molar refractivity (Wildman–Crippen MR) is 67.0 cm³/mol. The SMILES string of the molecule is CCCNC(CCS(C)(=O)=O)C1COCCO1. The average Bonchev–Trinajstić information content (AvgIpc) is 2.29. The molecule has 1 aliphatic rings. The van der Waals surface area contributed by atoms with Gasteiger partial charge in [0.05, 0.1) is 31.7 Å². The first-order chi connectivity index (χ1) is 8.03. The van der Waals surface area contributed by atoms with Gasteiger partial charge in [0.2, 0.25) is 0 Å². The van der Waals surface area contributed by atoms with Crippen LogP contribution in [0.4, 0.5) is 0 Å². The lowest BCUT2D eigenvalue weighted by molar-refractivity contribution is -0.101. The highest BCUT2D eigenvalue weighted by Crippen LogP contribution is 2.10. The smallest absolute Gasteiger partial charge is 0.147 e. The third kappa shape index (κ3) is 6.35. The van der Waals surface area contributed by atoms with Gasteiger partial charge >= 0.3 is 0 Å². The van der Waals surface area contributed by atoms with Crippen molar-refractivity contribution < 1.29 is 17.9 Å². The fourth-order valence-electron chi connectivity index (χ4n) is 1.83. The first kappa shape index (κ1) is 14.9. The molecular formula is C11H23NO4S. The van der Waals surface area contributed by atoms with Gasteiger partial charge in [-0.05, 0) is 19.4 Å². The van der Waals surface area contributed by atoms with Gasteiger partial charge in [0.25, 0.3) is 0 Å². The lowest BCUT2D eigenvalue weighted by Gasteiger charge is -2.31. The monoisotopic (exact) mass is 265 g/mol. The summed E-state index contributed by atoms with van der Waals surface area (Å²) >= 11 is 0. The summed E-state index contributed by atoms with van der Waals surface area (Å²) in [6, 6.07) is 0.0602. The summed E-state index contributed by atoms with van der Waals surface area (Å²) in [6.45, 7) is 4.72. The minimum atomic E-state index is -2.92. The lowest BCUT2D eigenvalue weighted by atomic mass is 10.1. The molecule has 0 amide bonds. The molecule has 1 rings (SSSR count). The topological polar surface area (TPSA) is 64.6 Å². The molecule has 1 heterocycles. The Balaban J connectivity index is 2.46. The second-order valence-electron chi connectivity index (χ2n) is 4.46. The lowest BCUT2D eigenvalue weighted by Crippen LogP contribution is -2.47. The third-order valence-electron chi connectivity index (χ3n) is 2.75. The first-order valence-corrected chi connectivity index (χ1v) is 8.19. The Morgan fingerprint density at radius 2 is 2.18 bits per heavy atom. The summed E-state index contributed by atoms with van der Waals surface area (Å²) in [5, 5.41) is 3.34. The van der Waals surface area contributed by atoms with E-state index in [2.05, 4.69) is 12.2 Å². The van der Waals surface area contributed by atoms with Gasteiger partial charge in [0, 0.05) is 12.3 Å². The van der Waals surface area contributed by atoms with Crippen molar-refractivity contribution in [2.75, 3.05) is 38.4 Å². The van der Waals surface area contributed by atoms with Crippen LogP contribution in [0.3, 0.4) is 0 Å². The Bertz CT molecular complexity index is 299. The molecule has 2 atom stereocenters. The molecule has 1 N–H and O–H groups in total. The fraction of sp³-hybridized carbons (Fsp3) is 1.00. The van der Waals surface area contributed by atoms with E-state index in [0.29, 0.717) is 26.2 Å². The largest absolute Gasteiger partial charge is 0.376 e. The van der Waals surface area contributed by atoms with Gasteiger partial charge in [-0.15, -0.1) is 0 Å². The van der Waals surface area contributed by atoms with Crippen LogP contribution in [-0.2, 0) is 19.3 Å². The minimum Gasteiger partial charge on any atom is -0.376 e. The van der Waals surface area contributed by atoms with Crippen LogP contribution < -0.4 is 5.32 Å². The summed E-state index contributed by atoms with van der Waals surface area (Å²) in [5.74, 6) is 0.189. The maximum atomic E-state index is 11.2. The quantitative estimate of drug-likeness (QED) is 0.712. The summed E-state index contributed by atoms with van der Waals surface area (Å²) in [6.07, 6.45) is 2.83. The molecule has 0 aliphatic carbocycles. The van der Waals surface area contributed by atoms with Crippen LogP contribution in [0.1, 0.15) is 19.8 Å². The van der Waals surface area contributed by atoms with Gasteiger partial charge in [-0.2, -0.15) is 0 Å². The van der Waals surface area contributed by atoms with Crippen LogP contribution in [-0.4, -0.2) is 58.9 Å². The molecular weight excluding hydrogens is 242 g/mol. The number of sulfone groups is 1. The zero-order chi connectivity index (χ0) is 12.7. The van der Waals surface area contributed by atoms with Crippen molar-refractivity contribution in [3.8, 4) is 0 Å². The highest BCUT2D eigenvalue weighted by molar-refractivity contribution is 7.90. The van der Waals surface area contributed by atoms with Crippen LogP contribution >= 0.6 is 0 Å². The molecule has 1 saturated heterocycles. The van der Waals surface area contributed by atoms with Gasteiger partial charge in [0.1, 0.15) is 9.84 Å². The standard InChI is InChI=1S/C11H23NO4S/c1-3-5-12-10(4-8-17(2,13)14)11-9-15-6-7-16-11/h10-12H,3-9H2,1-2H3. The highest BCUT2D eigenvalue weighted by atomic mass is 32.2. The molecule has 0 bridgehead atoms.